The second-order valence-electron chi connectivity index (χ2n) is 11.6. The summed E-state index contributed by atoms with van der Waals surface area (Å²) in [6.45, 7) is 6.69. The van der Waals surface area contributed by atoms with Gasteiger partial charge in [0.05, 0.1) is 39.0 Å². The van der Waals surface area contributed by atoms with E-state index in [1.165, 1.54) is 0 Å². The van der Waals surface area contributed by atoms with E-state index in [4.69, 9.17) is 4.74 Å². The molecule has 0 unspecified atom stereocenters. The van der Waals surface area contributed by atoms with Gasteiger partial charge in [-0.1, -0.05) is 91.0 Å². The third kappa shape index (κ3) is 8.87. The van der Waals surface area contributed by atoms with Crippen LogP contribution in [0.25, 0.3) is 0 Å². The number of hydrogen-bond donors (Lipinski definition) is 2. The molecule has 0 aliphatic heterocycles. The number of carbonyl (C=O) groups is 2. The van der Waals surface area contributed by atoms with Crippen molar-refractivity contribution in [3.63, 3.8) is 0 Å². The Morgan fingerprint density at radius 2 is 1.23 bits per heavy atom. The molecule has 1 atom stereocenters. The molecule has 2 N–H and O–H groups in total. The van der Waals surface area contributed by atoms with Crippen LogP contribution in [0.5, 0.6) is 0 Å². The molecule has 2 amide bonds. The highest BCUT2D eigenvalue weighted by Gasteiger charge is 2.38. The Bertz CT molecular complexity index is 1090. The number of amides is 2. The number of nitrogens with zero attached hydrogens (tertiary/aromatic N) is 1. The van der Waals surface area contributed by atoms with Crippen LogP contribution in [-0.4, -0.2) is 68.1 Å². The van der Waals surface area contributed by atoms with Gasteiger partial charge in [-0.2, -0.15) is 0 Å². The van der Waals surface area contributed by atoms with Crippen LogP contribution in [0.2, 0.25) is 0 Å². The van der Waals surface area contributed by atoms with Crippen LogP contribution in [0.1, 0.15) is 37.5 Å². The molecule has 0 radical (unpaired) electrons. The number of ether oxygens (including phenoxy) is 1. The number of hydrogen-bond acceptors (Lipinski definition) is 4. The Morgan fingerprint density at radius 1 is 0.795 bits per heavy atom. The van der Waals surface area contributed by atoms with E-state index in [1.54, 1.807) is 11.8 Å². The quantitative estimate of drug-likeness (QED) is 0.248. The monoisotopic (exact) mass is 548 g/mol. The number of quaternary nitrogens is 1. The second kappa shape index (κ2) is 13.2. The van der Waals surface area contributed by atoms with Crippen molar-refractivity contribution in [1.29, 1.82) is 0 Å². The minimum atomic E-state index is -0.798. The summed E-state index contributed by atoms with van der Waals surface area (Å²) in [6.07, 6.45) is -0.611. The summed E-state index contributed by atoms with van der Waals surface area (Å²) in [5, 5.41) is 5.87. The zero-order chi connectivity index (χ0) is 28.5. The predicted molar refractivity (Wildman–Crippen MR) is 161 cm³/mol. The molecule has 0 bridgehead atoms. The summed E-state index contributed by atoms with van der Waals surface area (Å²) in [7, 11) is 6.23. The number of alkyl carbamates (subject to hydrolysis) is 1. The second-order valence-corrected chi connectivity index (χ2v) is 12.8. The van der Waals surface area contributed by atoms with Crippen LogP contribution >= 0.6 is 11.8 Å². The minimum absolute atomic E-state index is 0.232. The van der Waals surface area contributed by atoms with Crippen molar-refractivity contribution in [3.8, 4) is 0 Å². The van der Waals surface area contributed by atoms with E-state index in [0.717, 1.165) is 27.7 Å². The van der Waals surface area contributed by atoms with Gasteiger partial charge in [-0.3, -0.25) is 4.79 Å². The third-order valence-corrected chi connectivity index (χ3v) is 7.74. The van der Waals surface area contributed by atoms with Crippen LogP contribution in [-0.2, 0) is 14.3 Å². The van der Waals surface area contributed by atoms with Gasteiger partial charge in [0.15, 0.2) is 0 Å². The maximum Gasteiger partial charge on any atom is 0.408 e. The first-order valence-corrected chi connectivity index (χ1v) is 14.3. The molecule has 0 aliphatic carbocycles. The van der Waals surface area contributed by atoms with Gasteiger partial charge >= 0.3 is 6.09 Å². The fourth-order valence-corrected chi connectivity index (χ4v) is 5.81. The summed E-state index contributed by atoms with van der Waals surface area (Å²) in [5.74, 6) is 0.0959. The topological polar surface area (TPSA) is 67.4 Å². The van der Waals surface area contributed by atoms with Crippen molar-refractivity contribution in [2.45, 2.75) is 37.2 Å². The van der Waals surface area contributed by atoms with Crippen molar-refractivity contribution in [2.75, 3.05) is 40.0 Å². The molecule has 39 heavy (non-hydrogen) atoms. The van der Waals surface area contributed by atoms with E-state index >= 15 is 0 Å². The molecular formula is C32H42N3O3S+. The molecule has 7 heteroatoms. The molecular weight excluding hydrogens is 506 g/mol. The number of nitrogens with one attached hydrogen (secondary N) is 2. The highest BCUT2D eigenvalue weighted by Crippen LogP contribution is 2.48. The van der Waals surface area contributed by atoms with Crippen LogP contribution in [0.15, 0.2) is 91.0 Å². The molecule has 0 saturated carbocycles. The van der Waals surface area contributed by atoms with Gasteiger partial charge in [-0.25, -0.2) is 4.79 Å². The first kappa shape index (κ1) is 30.3. The molecule has 0 saturated heterocycles. The zero-order valence-corrected chi connectivity index (χ0v) is 24.8. The highest BCUT2D eigenvalue weighted by molar-refractivity contribution is 8.00. The van der Waals surface area contributed by atoms with Crippen molar-refractivity contribution in [1.82, 2.24) is 10.6 Å². The molecule has 0 heterocycles. The normalized spacial score (nSPS) is 12.9. The molecule has 3 aromatic carbocycles. The van der Waals surface area contributed by atoms with Crippen LogP contribution in [0, 0.1) is 0 Å². The first-order chi connectivity index (χ1) is 18.4. The maximum atomic E-state index is 13.5. The molecule has 0 aromatic heterocycles. The highest BCUT2D eigenvalue weighted by atomic mass is 32.2. The number of benzene rings is 3. The molecule has 3 rings (SSSR count). The molecule has 0 spiro atoms. The zero-order valence-electron chi connectivity index (χ0n) is 23.9. The van der Waals surface area contributed by atoms with Gasteiger partial charge in [-0.05, 0) is 37.5 Å². The molecule has 6 nitrogen and oxygen atoms in total. The molecule has 3 aromatic rings. The van der Waals surface area contributed by atoms with Crippen LogP contribution in [0.3, 0.4) is 0 Å². The van der Waals surface area contributed by atoms with Gasteiger partial charge < -0.3 is 19.9 Å². The number of rotatable bonds is 11. The lowest BCUT2D eigenvalue weighted by atomic mass is 9.84. The summed E-state index contributed by atoms with van der Waals surface area (Å²) in [5.41, 5.74) is 2.60. The molecule has 0 fully saturated rings. The SMILES string of the molecule is CC(C)(C)OC(=O)N[C@@H](CSC(c1ccccc1)(c1ccccc1)c1ccccc1)C(=O)NCC[N+](C)(C)C. The van der Waals surface area contributed by atoms with Gasteiger partial charge in [0.25, 0.3) is 0 Å². The lowest BCUT2D eigenvalue weighted by Crippen LogP contribution is -2.52. The average molecular weight is 549 g/mol. The minimum Gasteiger partial charge on any atom is -0.444 e. The van der Waals surface area contributed by atoms with Gasteiger partial charge in [0.1, 0.15) is 11.6 Å². The molecule has 0 aliphatic rings. The Labute approximate surface area is 237 Å². The summed E-state index contributed by atoms with van der Waals surface area (Å²) >= 11 is 1.63. The smallest absolute Gasteiger partial charge is 0.408 e. The standard InChI is InChI=1S/C32H41N3O3S/c1-31(2,3)38-30(37)34-28(29(36)33-22-23-35(4,5)6)24-39-32(25-16-10-7-11-17-25,26-18-12-8-13-19-26)27-20-14-9-15-21-27/h7-21,28H,22-24H2,1-6H3,(H-,33,34,36,37)/p+1/t28-/m0/s1. The summed E-state index contributed by atoms with van der Waals surface area (Å²) < 4.78 is 5.63. The molecule has 208 valence electrons. The summed E-state index contributed by atoms with van der Waals surface area (Å²) in [4.78, 5) is 26.3. The Balaban J connectivity index is 2.00. The van der Waals surface area contributed by atoms with Gasteiger partial charge in [-0.15, -0.1) is 11.8 Å². The van der Waals surface area contributed by atoms with E-state index in [0.29, 0.717) is 12.3 Å². The predicted octanol–water partition coefficient (Wildman–Crippen LogP) is 5.43. The summed E-state index contributed by atoms with van der Waals surface area (Å²) in [6, 6.07) is 30.1. The van der Waals surface area contributed by atoms with Crippen LogP contribution in [0.4, 0.5) is 4.79 Å². The van der Waals surface area contributed by atoms with E-state index in [9.17, 15) is 9.59 Å². The number of likely N-dealkylation sites (N-methyl/N-ethyl adjacent to an activating group) is 1. The van der Waals surface area contributed by atoms with Crippen molar-refractivity contribution in [3.05, 3.63) is 108 Å². The Morgan fingerprint density at radius 3 is 1.62 bits per heavy atom. The lowest BCUT2D eigenvalue weighted by Gasteiger charge is -2.36. The van der Waals surface area contributed by atoms with E-state index in [-0.39, 0.29) is 5.91 Å². The van der Waals surface area contributed by atoms with E-state index in [1.807, 2.05) is 75.4 Å². The van der Waals surface area contributed by atoms with Gasteiger partial charge in [0.2, 0.25) is 5.91 Å². The number of thioether (sulfide) groups is 1. The Kier molecular flexibility index (Phi) is 10.2. The van der Waals surface area contributed by atoms with E-state index in [2.05, 4.69) is 68.2 Å². The van der Waals surface area contributed by atoms with Crippen LogP contribution < -0.4 is 10.6 Å². The fourth-order valence-electron chi connectivity index (χ4n) is 4.25. The fraction of sp³-hybridized carbons (Fsp3) is 0.375. The average Bonchev–Trinajstić information content (AvgIpc) is 2.88. The Hall–Kier alpha value is -3.29. The number of carbonyl (C=O) groups excluding carboxylic acids is 2. The lowest BCUT2D eigenvalue weighted by molar-refractivity contribution is -0.869. The largest absolute Gasteiger partial charge is 0.444 e. The third-order valence-electron chi connectivity index (χ3n) is 6.10. The van der Waals surface area contributed by atoms with Crippen molar-refractivity contribution < 1.29 is 18.8 Å². The van der Waals surface area contributed by atoms with Gasteiger partial charge in [0, 0.05) is 5.75 Å². The maximum absolute atomic E-state index is 13.5. The van der Waals surface area contributed by atoms with Crippen molar-refractivity contribution >= 4 is 23.8 Å². The van der Waals surface area contributed by atoms with Crippen molar-refractivity contribution in [2.24, 2.45) is 0 Å². The van der Waals surface area contributed by atoms with E-state index < -0.39 is 22.5 Å². The first-order valence-electron chi connectivity index (χ1n) is 13.3.